The first-order valence-electron chi connectivity index (χ1n) is 5.58. The molecule has 0 aliphatic carbocycles. The molecule has 1 heterocycles. The van der Waals surface area contributed by atoms with E-state index in [0.717, 1.165) is 11.0 Å². The van der Waals surface area contributed by atoms with Crippen molar-refractivity contribution in [1.29, 1.82) is 0 Å². The average Bonchev–Trinajstić information content (AvgIpc) is 2.71. The van der Waals surface area contributed by atoms with Crippen LogP contribution in [0.2, 0.25) is 0 Å². The van der Waals surface area contributed by atoms with Crippen LogP contribution in [0.5, 0.6) is 5.75 Å². The Morgan fingerprint density at radius 2 is 2.05 bits per heavy atom. The molecule has 0 bridgehead atoms. The van der Waals surface area contributed by atoms with Gasteiger partial charge < -0.3 is 15.1 Å². The van der Waals surface area contributed by atoms with Gasteiger partial charge in [-0.05, 0) is 18.2 Å². The summed E-state index contributed by atoms with van der Waals surface area (Å²) in [7, 11) is -3.85. The van der Waals surface area contributed by atoms with E-state index in [2.05, 4.69) is 0 Å². The number of benzene rings is 1. The second-order valence-corrected chi connectivity index (χ2v) is 6.27. The molecule has 1 atom stereocenters. The van der Waals surface area contributed by atoms with Gasteiger partial charge in [0.15, 0.2) is 0 Å². The summed E-state index contributed by atoms with van der Waals surface area (Å²) in [6.45, 7) is -0.169. The van der Waals surface area contributed by atoms with Crippen molar-refractivity contribution in [2.75, 3.05) is 11.4 Å². The van der Waals surface area contributed by atoms with Gasteiger partial charge in [-0.25, -0.2) is 18.4 Å². The van der Waals surface area contributed by atoms with Crippen LogP contribution < -0.4 is 10.0 Å². The number of carbonyl (C=O) groups is 2. The second-order valence-electron chi connectivity index (χ2n) is 4.43. The first-order chi connectivity index (χ1) is 9.20. The molecule has 1 aliphatic rings. The van der Waals surface area contributed by atoms with Crippen molar-refractivity contribution >= 4 is 27.6 Å². The molecule has 1 amide bonds. The first kappa shape index (κ1) is 14.3. The summed E-state index contributed by atoms with van der Waals surface area (Å²) in [5.74, 6) is -2.13. The zero-order chi connectivity index (χ0) is 15.1. The smallest absolute Gasteiger partial charge is 0.335 e. The predicted octanol–water partition coefficient (Wildman–Crippen LogP) is -0.516. The first-order valence-corrected chi connectivity index (χ1v) is 7.19. The molecule has 108 valence electrons. The van der Waals surface area contributed by atoms with E-state index in [-0.39, 0.29) is 24.2 Å². The Labute approximate surface area is 114 Å². The monoisotopic (exact) mass is 300 g/mol. The Hall–Kier alpha value is -2.13. The lowest BCUT2D eigenvalue weighted by Crippen LogP contribution is -2.32. The Kier molecular flexibility index (Phi) is 3.40. The predicted molar refractivity (Wildman–Crippen MR) is 68.9 cm³/mol. The highest BCUT2D eigenvalue weighted by atomic mass is 32.2. The van der Waals surface area contributed by atoms with Crippen molar-refractivity contribution in [3.05, 3.63) is 23.8 Å². The van der Waals surface area contributed by atoms with Gasteiger partial charge >= 0.3 is 5.97 Å². The van der Waals surface area contributed by atoms with Crippen LogP contribution in [0.1, 0.15) is 16.8 Å². The molecule has 2 rings (SSSR count). The van der Waals surface area contributed by atoms with Crippen molar-refractivity contribution in [3.63, 3.8) is 0 Å². The van der Waals surface area contributed by atoms with Gasteiger partial charge in [0.05, 0.1) is 11.3 Å². The number of phenolic OH excluding ortho intramolecular Hbond substituents is 1. The standard InChI is InChI=1S/C11H12N2O6S/c12-20(18,19)7-4-10(15)13(5-7)8-2-1-6(11(16)17)3-9(8)14/h1-3,7,14H,4-5H2,(H,16,17)(H2,12,18,19). The molecule has 0 aromatic heterocycles. The van der Waals surface area contributed by atoms with Crippen molar-refractivity contribution in [1.82, 2.24) is 0 Å². The van der Waals surface area contributed by atoms with Crippen molar-refractivity contribution in [2.45, 2.75) is 11.7 Å². The number of aromatic carboxylic acids is 1. The fraction of sp³-hybridized carbons (Fsp3) is 0.273. The summed E-state index contributed by atoms with van der Waals surface area (Å²) in [6.07, 6.45) is -0.265. The molecule has 1 unspecified atom stereocenters. The maximum absolute atomic E-state index is 11.8. The molecule has 1 saturated heterocycles. The van der Waals surface area contributed by atoms with Gasteiger partial charge in [0, 0.05) is 13.0 Å². The lowest BCUT2D eigenvalue weighted by Gasteiger charge is -2.17. The summed E-state index contributed by atoms with van der Waals surface area (Å²) in [5.41, 5.74) is -0.0768. The van der Waals surface area contributed by atoms with E-state index in [9.17, 15) is 23.1 Å². The number of nitrogens with two attached hydrogens (primary N) is 1. The zero-order valence-corrected chi connectivity index (χ0v) is 11.0. The van der Waals surface area contributed by atoms with Crippen LogP contribution in [0.3, 0.4) is 0 Å². The Morgan fingerprint density at radius 1 is 1.40 bits per heavy atom. The average molecular weight is 300 g/mol. The number of carbonyl (C=O) groups excluding carboxylic acids is 1. The summed E-state index contributed by atoms with van der Waals surface area (Å²) in [5, 5.41) is 22.5. The van der Waals surface area contributed by atoms with Crippen LogP contribution in [0.4, 0.5) is 5.69 Å². The molecule has 0 saturated carbocycles. The van der Waals surface area contributed by atoms with Gasteiger partial charge in [-0.2, -0.15) is 0 Å². The fourth-order valence-electron chi connectivity index (χ4n) is 2.01. The number of hydrogen-bond acceptors (Lipinski definition) is 5. The molecule has 1 aliphatic heterocycles. The van der Waals surface area contributed by atoms with Crippen LogP contribution in [0.25, 0.3) is 0 Å². The van der Waals surface area contributed by atoms with Crippen LogP contribution in [-0.4, -0.2) is 42.3 Å². The molecular formula is C11H12N2O6S. The van der Waals surface area contributed by atoms with E-state index in [4.69, 9.17) is 10.2 Å². The largest absolute Gasteiger partial charge is 0.506 e. The van der Waals surface area contributed by atoms with E-state index < -0.39 is 32.9 Å². The number of amides is 1. The number of phenols is 1. The van der Waals surface area contributed by atoms with E-state index in [0.29, 0.717) is 0 Å². The maximum Gasteiger partial charge on any atom is 0.335 e. The van der Waals surface area contributed by atoms with Crippen LogP contribution in [-0.2, 0) is 14.8 Å². The Balaban J connectivity index is 2.33. The van der Waals surface area contributed by atoms with E-state index >= 15 is 0 Å². The zero-order valence-electron chi connectivity index (χ0n) is 10.2. The van der Waals surface area contributed by atoms with Gasteiger partial charge in [0.2, 0.25) is 15.9 Å². The highest BCUT2D eigenvalue weighted by molar-refractivity contribution is 7.89. The SMILES string of the molecule is NS(=O)(=O)C1CC(=O)N(c2ccc(C(=O)O)cc2O)C1. The summed E-state index contributed by atoms with van der Waals surface area (Å²) in [6, 6.07) is 3.46. The van der Waals surface area contributed by atoms with E-state index in [1.54, 1.807) is 0 Å². The lowest BCUT2D eigenvalue weighted by atomic mass is 10.2. The Morgan fingerprint density at radius 3 is 2.50 bits per heavy atom. The van der Waals surface area contributed by atoms with E-state index in [1.165, 1.54) is 12.1 Å². The number of carboxylic acid groups (broad SMARTS) is 1. The summed E-state index contributed by atoms with van der Waals surface area (Å²) in [4.78, 5) is 23.6. The molecule has 1 aromatic carbocycles. The minimum Gasteiger partial charge on any atom is -0.506 e. The number of primary sulfonamides is 1. The van der Waals surface area contributed by atoms with Gasteiger partial charge in [-0.1, -0.05) is 0 Å². The molecule has 0 radical (unpaired) electrons. The topological polar surface area (TPSA) is 138 Å². The third kappa shape index (κ3) is 2.58. The fourth-order valence-corrected chi connectivity index (χ4v) is 2.74. The maximum atomic E-state index is 11.8. The number of sulfonamides is 1. The minimum absolute atomic E-state index is 0.0613. The third-order valence-corrected chi connectivity index (χ3v) is 4.31. The van der Waals surface area contributed by atoms with Gasteiger partial charge in [-0.3, -0.25) is 4.79 Å². The Bertz CT molecular complexity index is 684. The molecule has 1 fully saturated rings. The second kappa shape index (κ2) is 4.76. The number of aromatic hydroxyl groups is 1. The molecule has 8 nitrogen and oxygen atoms in total. The summed E-state index contributed by atoms with van der Waals surface area (Å²) >= 11 is 0. The van der Waals surface area contributed by atoms with Gasteiger partial charge in [0.25, 0.3) is 0 Å². The number of nitrogens with zero attached hydrogens (tertiary/aromatic N) is 1. The molecule has 4 N–H and O–H groups in total. The van der Waals surface area contributed by atoms with Crippen molar-refractivity contribution < 1.29 is 28.2 Å². The third-order valence-electron chi connectivity index (χ3n) is 3.07. The molecule has 1 aromatic rings. The number of hydrogen-bond donors (Lipinski definition) is 3. The van der Waals surface area contributed by atoms with Gasteiger partial charge in [-0.15, -0.1) is 0 Å². The highest BCUT2D eigenvalue weighted by Crippen LogP contribution is 2.32. The van der Waals surface area contributed by atoms with Crippen LogP contribution in [0, 0.1) is 0 Å². The van der Waals surface area contributed by atoms with Crippen LogP contribution >= 0.6 is 0 Å². The molecule has 9 heteroatoms. The van der Waals surface area contributed by atoms with Gasteiger partial charge in [0.1, 0.15) is 11.0 Å². The number of rotatable bonds is 3. The quantitative estimate of drug-likeness (QED) is 0.687. The van der Waals surface area contributed by atoms with E-state index in [1.807, 2.05) is 0 Å². The number of carboxylic acids is 1. The summed E-state index contributed by atoms with van der Waals surface area (Å²) < 4.78 is 22.5. The number of anilines is 1. The normalized spacial score (nSPS) is 19.4. The molecule has 0 spiro atoms. The van der Waals surface area contributed by atoms with Crippen LogP contribution in [0.15, 0.2) is 18.2 Å². The molecular weight excluding hydrogens is 288 g/mol. The minimum atomic E-state index is -3.85. The highest BCUT2D eigenvalue weighted by Gasteiger charge is 2.38. The molecule has 20 heavy (non-hydrogen) atoms. The lowest BCUT2D eigenvalue weighted by molar-refractivity contribution is -0.117. The van der Waals surface area contributed by atoms with Crippen molar-refractivity contribution in [3.8, 4) is 5.75 Å². The van der Waals surface area contributed by atoms with Crippen molar-refractivity contribution in [2.24, 2.45) is 5.14 Å².